The molecule has 0 aliphatic rings. The average Bonchev–Trinajstić information content (AvgIpc) is 2.74. The molecule has 0 radical (unpaired) electrons. The molecule has 0 aliphatic heterocycles. The van der Waals surface area contributed by atoms with Gasteiger partial charge in [-0.1, -0.05) is 0 Å². The predicted molar refractivity (Wildman–Crippen MR) is 69.4 cm³/mol. The number of nitrogens with zero attached hydrogens (tertiary/aromatic N) is 3. The summed E-state index contributed by atoms with van der Waals surface area (Å²) in [5.41, 5.74) is 5.18. The van der Waals surface area contributed by atoms with E-state index in [0.29, 0.717) is 11.8 Å². The highest BCUT2D eigenvalue weighted by molar-refractivity contribution is 7.16. The summed E-state index contributed by atoms with van der Waals surface area (Å²) >= 11 is 1.53. The smallest absolute Gasteiger partial charge is 0.236 e. The van der Waals surface area contributed by atoms with Crippen molar-refractivity contribution in [3.63, 3.8) is 0 Å². The van der Waals surface area contributed by atoms with Crippen LogP contribution in [0, 0.1) is 0 Å². The van der Waals surface area contributed by atoms with Gasteiger partial charge in [0.25, 0.3) is 0 Å². The molecule has 0 bridgehead atoms. The molecule has 0 saturated heterocycles. The number of amides is 1. The van der Waals surface area contributed by atoms with Gasteiger partial charge in [0, 0.05) is 14.1 Å². The maximum atomic E-state index is 10.9. The number of thiophene rings is 1. The first-order valence-corrected chi connectivity index (χ1v) is 5.92. The van der Waals surface area contributed by atoms with Gasteiger partial charge in [0.2, 0.25) is 11.9 Å². The molecular formula is C10H13N5OS. The van der Waals surface area contributed by atoms with Crippen molar-refractivity contribution in [3.05, 3.63) is 11.4 Å². The molecule has 2 heterocycles. The molecule has 0 saturated carbocycles. The quantitative estimate of drug-likeness (QED) is 0.833. The summed E-state index contributed by atoms with van der Waals surface area (Å²) in [6.45, 7) is 0.130. The second-order valence-corrected chi connectivity index (χ2v) is 4.48. The lowest BCUT2D eigenvalue weighted by atomic mass is 10.3. The Labute approximate surface area is 102 Å². The summed E-state index contributed by atoms with van der Waals surface area (Å²) in [6, 6.07) is 1.94. The molecule has 2 rings (SSSR count). The molecule has 2 aromatic rings. The van der Waals surface area contributed by atoms with Gasteiger partial charge in [-0.25, -0.2) is 4.98 Å². The fourth-order valence-corrected chi connectivity index (χ4v) is 2.31. The van der Waals surface area contributed by atoms with Crippen molar-refractivity contribution < 1.29 is 4.79 Å². The van der Waals surface area contributed by atoms with Gasteiger partial charge in [0.1, 0.15) is 10.6 Å². The van der Waals surface area contributed by atoms with Crippen LogP contribution in [0.2, 0.25) is 0 Å². The number of fused-ring (bicyclic) bond motifs is 1. The van der Waals surface area contributed by atoms with E-state index in [-0.39, 0.29) is 12.5 Å². The second kappa shape index (κ2) is 4.54. The number of primary amides is 1. The third-order valence-electron chi connectivity index (χ3n) is 2.28. The first-order chi connectivity index (χ1) is 8.11. The largest absolute Gasteiger partial charge is 0.368 e. The number of nitrogens with two attached hydrogens (primary N) is 1. The van der Waals surface area contributed by atoms with Gasteiger partial charge in [-0.3, -0.25) is 4.79 Å². The zero-order chi connectivity index (χ0) is 12.4. The molecule has 1 amide bonds. The van der Waals surface area contributed by atoms with Crippen molar-refractivity contribution in [1.82, 2.24) is 9.97 Å². The Bertz CT molecular complexity index is 553. The Hall–Kier alpha value is -1.89. The fraction of sp³-hybridized carbons (Fsp3) is 0.300. The van der Waals surface area contributed by atoms with Gasteiger partial charge in [-0.05, 0) is 11.4 Å². The van der Waals surface area contributed by atoms with E-state index < -0.39 is 0 Å². The van der Waals surface area contributed by atoms with E-state index in [1.165, 1.54) is 11.3 Å². The van der Waals surface area contributed by atoms with Crippen LogP contribution >= 0.6 is 11.3 Å². The molecule has 0 atom stereocenters. The maximum absolute atomic E-state index is 10.9. The average molecular weight is 251 g/mol. The highest BCUT2D eigenvalue weighted by Gasteiger charge is 2.13. The second-order valence-electron chi connectivity index (χ2n) is 3.58. The molecule has 2 aromatic heterocycles. The van der Waals surface area contributed by atoms with Gasteiger partial charge in [0.05, 0.1) is 11.9 Å². The van der Waals surface area contributed by atoms with Crippen LogP contribution in [-0.4, -0.2) is 36.5 Å². The summed E-state index contributed by atoms with van der Waals surface area (Å²) in [5.74, 6) is 0.853. The minimum Gasteiger partial charge on any atom is -0.368 e. The Balaban J connectivity index is 2.49. The monoisotopic (exact) mass is 251 g/mol. The first kappa shape index (κ1) is 11.6. The number of aromatic nitrogens is 2. The lowest BCUT2D eigenvalue weighted by Gasteiger charge is -2.17. The molecule has 0 aliphatic carbocycles. The lowest BCUT2D eigenvalue weighted by Crippen LogP contribution is -2.31. The number of likely N-dealkylation sites (N-methyl/N-ethyl adjacent to an activating group) is 1. The number of anilines is 2. The van der Waals surface area contributed by atoms with Crippen LogP contribution in [0.15, 0.2) is 11.4 Å². The third-order valence-corrected chi connectivity index (χ3v) is 3.09. The van der Waals surface area contributed by atoms with Crippen LogP contribution in [0.3, 0.4) is 0 Å². The standard InChI is InChI=1S/C10H13N5OS/c1-12-10-13-8(15(2)5-7(11)16)6-3-4-17-9(6)14-10/h3-4H,5H2,1-2H3,(H2,11,16)(H,12,13,14). The number of carbonyl (C=O) groups excluding carboxylic acids is 1. The third kappa shape index (κ3) is 2.28. The van der Waals surface area contributed by atoms with Crippen LogP contribution in [0.1, 0.15) is 0 Å². The molecule has 90 valence electrons. The SMILES string of the molecule is CNc1nc(N(C)CC(N)=O)c2ccsc2n1. The first-order valence-electron chi connectivity index (χ1n) is 5.04. The van der Waals surface area contributed by atoms with Crippen LogP contribution in [0.4, 0.5) is 11.8 Å². The summed E-state index contributed by atoms with van der Waals surface area (Å²) in [6.07, 6.45) is 0. The minimum absolute atomic E-state index is 0.130. The van der Waals surface area contributed by atoms with E-state index in [9.17, 15) is 4.79 Å². The molecular weight excluding hydrogens is 238 g/mol. The molecule has 17 heavy (non-hydrogen) atoms. The topological polar surface area (TPSA) is 84.1 Å². The van der Waals surface area contributed by atoms with Crippen molar-refractivity contribution in [2.45, 2.75) is 0 Å². The Morgan fingerprint density at radius 3 is 3.00 bits per heavy atom. The highest BCUT2D eigenvalue weighted by Crippen LogP contribution is 2.28. The van der Waals surface area contributed by atoms with E-state index in [1.807, 2.05) is 11.4 Å². The van der Waals surface area contributed by atoms with Gasteiger partial charge in [-0.2, -0.15) is 4.98 Å². The van der Waals surface area contributed by atoms with E-state index in [2.05, 4.69) is 15.3 Å². The number of nitrogens with one attached hydrogen (secondary N) is 1. The fourth-order valence-electron chi connectivity index (χ4n) is 1.55. The highest BCUT2D eigenvalue weighted by atomic mass is 32.1. The zero-order valence-electron chi connectivity index (χ0n) is 9.60. The molecule has 0 fully saturated rings. The predicted octanol–water partition coefficient (Wildman–Crippen LogP) is 0.654. The Morgan fingerprint density at radius 1 is 1.59 bits per heavy atom. The van der Waals surface area contributed by atoms with Gasteiger partial charge < -0.3 is 16.0 Å². The van der Waals surface area contributed by atoms with Crippen molar-refractivity contribution in [1.29, 1.82) is 0 Å². The molecule has 0 spiro atoms. The number of carbonyl (C=O) groups is 1. The van der Waals surface area contributed by atoms with Crippen LogP contribution in [-0.2, 0) is 4.79 Å². The summed E-state index contributed by atoms with van der Waals surface area (Å²) in [5, 5.41) is 5.77. The number of hydrogen-bond acceptors (Lipinski definition) is 6. The van der Waals surface area contributed by atoms with Crippen LogP contribution in [0.25, 0.3) is 10.2 Å². The normalized spacial score (nSPS) is 10.5. The van der Waals surface area contributed by atoms with Gasteiger partial charge in [0.15, 0.2) is 0 Å². The van der Waals surface area contributed by atoms with E-state index in [0.717, 1.165) is 10.2 Å². The van der Waals surface area contributed by atoms with Crippen LogP contribution in [0.5, 0.6) is 0 Å². The van der Waals surface area contributed by atoms with Crippen molar-refractivity contribution in [3.8, 4) is 0 Å². The Morgan fingerprint density at radius 2 is 2.35 bits per heavy atom. The molecule has 0 unspecified atom stereocenters. The minimum atomic E-state index is -0.388. The summed E-state index contributed by atoms with van der Waals surface area (Å²) in [4.78, 5) is 22.2. The van der Waals surface area contributed by atoms with E-state index in [4.69, 9.17) is 5.73 Å². The molecule has 3 N–H and O–H groups in total. The molecule has 6 nitrogen and oxygen atoms in total. The van der Waals surface area contributed by atoms with Crippen molar-refractivity contribution in [2.75, 3.05) is 30.9 Å². The zero-order valence-corrected chi connectivity index (χ0v) is 10.4. The number of rotatable bonds is 4. The van der Waals surface area contributed by atoms with Crippen molar-refractivity contribution in [2.24, 2.45) is 5.73 Å². The maximum Gasteiger partial charge on any atom is 0.236 e. The molecule has 7 heteroatoms. The Kier molecular flexibility index (Phi) is 3.10. The summed E-state index contributed by atoms with van der Waals surface area (Å²) in [7, 11) is 3.54. The van der Waals surface area contributed by atoms with Gasteiger partial charge in [-0.15, -0.1) is 11.3 Å². The number of hydrogen-bond donors (Lipinski definition) is 2. The van der Waals surface area contributed by atoms with Crippen LogP contribution < -0.4 is 16.0 Å². The van der Waals surface area contributed by atoms with Gasteiger partial charge >= 0.3 is 0 Å². The van der Waals surface area contributed by atoms with E-state index in [1.54, 1.807) is 19.0 Å². The van der Waals surface area contributed by atoms with E-state index >= 15 is 0 Å². The lowest BCUT2D eigenvalue weighted by molar-refractivity contribution is -0.116. The summed E-state index contributed by atoms with van der Waals surface area (Å²) < 4.78 is 0. The van der Waals surface area contributed by atoms with Crippen molar-refractivity contribution >= 4 is 39.2 Å². The molecule has 0 aromatic carbocycles.